The number of aryl methyl sites for hydroxylation is 1. The topological polar surface area (TPSA) is 91.3 Å². The van der Waals surface area contributed by atoms with Gasteiger partial charge in [-0.05, 0) is 26.2 Å². The van der Waals surface area contributed by atoms with Crippen LogP contribution in [-0.4, -0.2) is 27.6 Å². The van der Waals surface area contributed by atoms with Gasteiger partial charge in [-0.2, -0.15) is 0 Å². The zero-order chi connectivity index (χ0) is 13.9. The molecule has 1 heterocycles. The molecule has 1 aromatic heterocycles. The largest absolute Gasteiger partial charge is 0.481 e. The van der Waals surface area contributed by atoms with E-state index in [0.717, 1.165) is 29.1 Å². The molecule has 0 bridgehead atoms. The Kier molecular flexibility index (Phi) is 4.04. The number of carbonyl (C=O) groups is 2. The molecule has 0 saturated heterocycles. The van der Waals surface area contributed by atoms with Crippen LogP contribution < -0.4 is 10.6 Å². The third-order valence-corrected chi connectivity index (χ3v) is 4.16. The number of urea groups is 1. The van der Waals surface area contributed by atoms with Crippen molar-refractivity contribution in [3.8, 4) is 0 Å². The van der Waals surface area contributed by atoms with E-state index in [2.05, 4.69) is 15.6 Å². The van der Waals surface area contributed by atoms with Crippen LogP contribution in [0.2, 0.25) is 0 Å². The molecule has 19 heavy (non-hydrogen) atoms. The molecule has 1 aliphatic rings. The lowest BCUT2D eigenvalue weighted by Gasteiger charge is -2.41. The van der Waals surface area contributed by atoms with Gasteiger partial charge in [-0.1, -0.05) is 0 Å². The molecule has 104 valence electrons. The van der Waals surface area contributed by atoms with Gasteiger partial charge in [-0.3, -0.25) is 4.79 Å². The lowest BCUT2D eigenvalue weighted by Crippen LogP contribution is -2.57. The molecule has 1 saturated carbocycles. The van der Waals surface area contributed by atoms with Crippen LogP contribution in [0.5, 0.6) is 0 Å². The normalized spacial score (nSPS) is 16.5. The first kappa shape index (κ1) is 13.8. The highest BCUT2D eigenvalue weighted by Crippen LogP contribution is 2.34. The van der Waals surface area contributed by atoms with E-state index in [4.69, 9.17) is 5.11 Å². The Bertz CT molecular complexity index is 482. The fourth-order valence-electron chi connectivity index (χ4n) is 2.16. The molecule has 3 N–H and O–H groups in total. The summed E-state index contributed by atoms with van der Waals surface area (Å²) in [5.74, 6) is -0.879. The summed E-state index contributed by atoms with van der Waals surface area (Å²) in [5.41, 5.74) is -0.561. The number of aliphatic carboxylic acids is 1. The summed E-state index contributed by atoms with van der Waals surface area (Å²) in [4.78, 5) is 27.8. The van der Waals surface area contributed by atoms with E-state index in [-0.39, 0.29) is 12.5 Å². The number of carboxylic acids is 1. The summed E-state index contributed by atoms with van der Waals surface area (Å²) in [6.07, 6.45) is 4.15. The lowest BCUT2D eigenvalue weighted by molar-refractivity contribution is -0.139. The summed E-state index contributed by atoms with van der Waals surface area (Å²) >= 11 is 1.53. The predicted octanol–water partition coefficient (Wildman–Crippen LogP) is 1.65. The molecule has 0 aliphatic heterocycles. The summed E-state index contributed by atoms with van der Waals surface area (Å²) < 4.78 is 0. The van der Waals surface area contributed by atoms with Crippen LogP contribution in [0.4, 0.5) is 4.79 Å². The summed E-state index contributed by atoms with van der Waals surface area (Å²) in [6, 6.07) is -0.325. The number of amides is 2. The second kappa shape index (κ2) is 5.56. The molecule has 6 nitrogen and oxygen atoms in total. The van der Waals surface area contributed by atoms with Gasteiger partial charge >= 0.3 is 12.0 Å². The SMILES string of the molecule is Cc1cnc(CNC(=O)NC2(CC(=O)O)CCC2)s1. The van der Waals surface area contributed by atoms with Crippen molar-refractivity contribution in [2.75, 3.05) is 0 Å². The summed E-state index contributed by atoms with van der Waals surface area (Å²) in [6.45, 7) is 2.32. The number of nitrogens with zero attached hydrogens (tertiary/aromatic N) is 1. The molecule has 0 spiro atoms. The Balaban J connectivity index is 1.81. The van der Waals surface area contributed by atoms with Crippen molar-refractivity contribution in [2.45, 2.75) is 44.7 Å². The molecule has 7 heteroatoms. The first-order chi connectivity index (χ1) is 8.99. The summed E-state index contributed by atoms with van der Waals surface area (Å²) in [5, 5.41) is 15.2. The van der Waals surface area contributed by atoms with E-state index in [1.807, 2.05) is 6.92 Å². The molecule has 0 aromatic carbocycles. The van der Waals surface area contributed by atoms with Crippen molar-refractivity contribution < 1.29 is 14.7 Å². The van der Waals surface area contributed by atoms with Crippen molar-refractivity contribution in [3.63, 3.8) is 0 Å². The zero-order valence-electron chi connectivity index (χ0n) is 10.7. The number of thiazole rings is 1. The van der Waals surface area contributed by atoms with Crippen molar-refractivity contribution in [1.29, 1.82) is 0 Å². The third-order valence-electron chi connectivity index (χ3n) is 3.25. The molecular formula is C12H17N3O3S. The standard InChI is InChI=1S/C12H17N3O3S/c1-8-6-13-9(19-8)7-14-11(18)15-12(3-2-4-12)5-10(16)17/h6H,2-5,7H2,1H3,(H,16,17)(H2,14,15,18). The van der Waals surface area contributed by atoms with E-state index in [0.29, 0.717) is 6.54 Å². The second-order valence-corrected chi connectivity index (χ2v) is 6.20. The Morgan fingerprint density at radius 1 is 1.53 bits per heavy atom. The lowest BCUT2D eigenvalue weighted by atomic mass is 9.74. The number of rotatable bonds is 5. The smallest absolute Gasteiger partial charge is 0.315 e. The maximum Gasteiger partial charge on any atom is 0.315 e. The average Bonchev–Trinajstić information content (AvgIpc) is 2.69. The van der Waals surface area contributed by atoms with Crippen LogP contribution in [0.25, 0.3) is 0 Å². The summed E-state index contributed by atoms with van der Waals surface area (Å²) in [7, 11) is 0. The van der Waals surface area contributed by atoms with E-state index in [1.165, 1.54) is 11.3 Å². The number of hydrogen-bond donors (Lipinski definition) is 3. The maximum absolute atomic E-state index is 11.8. The number of aromatic nitrogens is 1. The van der Waals surface area contributed by atoms with Gasteiger partial charge in [0, 0.05) is 11.1 Å². The van der Waals surface area contributed by atoms with Gasteiger partial charge in [0.15, 0.2) is 0 Å². The van der Waals surface area contributed by atoms with E-state index in [9.17, 15) is 9.59 Å². The minimum atomic E-state index is -0.879. The molecule has 1 aliphatic carbocycles. The Labute approximate surface area is 115 Å². The van der Waals surface area contributed by atoms with Crippen LogP contribution in [0.15, 0.2) is 6.20 Å². The van der Waals surface area contributed by atoms with Gasteiger partial charge < -0.3 is 15.7 Å². The number of nitrogens with one attached hydrogen (secondary N) is 2. The maximum atomic E-state index is 11.8. The highest BCUT2D eigenvalue weighted by atomic mass is 32.1. The second-order valence-electron chi connectivity index (χ2n) is 4.88. The van der Waals surface area contributed by atoms with E-state index in [1.54, 1.807) is 6.20 Å². The highest BCUT2D eigenvalue weighted by Gasteiger charge is 2.40. The Morgan fingerprint density at radius 3 is 2.74 bits per heavy atom. The number of carboxylic acid groups (broad SMARTS) is 1. The van der Waals surface area contributed by atoms with Crippen LogP contribution in [0, 0.1) is 6.92 Å². The van der Waals surface area contributed by atoms with Gasteiger partial charge in [0.05, 0.1) is 18.5 Å². The van der Waals surface area contributed by atoms with Crippen molar-refractivity contribution in [3.05, 3.63) is 16.1 Å². The van der Waals surface area contributed by atoms with E-state index < -0.39 is 11.5 Å². The van der Waals surface area contributed by atoms with Crippen LogP contribution >= 0.6 is 11.3 Å². The molecule has 0 unspecified atom stereocenters. The van der Waals surface area contributed by atoms with Crippen LogP contribution in [0.3, 0.4) is 0 Å². The first-order valence-electron chi connectivity index (χ1n) is 6.18. The minimum absolute atomic E-state index is 0.0171. The first-order valence-corrected chi connectivity index (χ1v) is 7.00. The third kappa shape index (κ3) is 3.66. The van der Waals surface area contributed by atoms with Gasteiger partial charge in [0.25, 0.3) is 0 Å². The predicted molar refractivity (Wildman–Crippen MR) is 71.1 cm³/mol. The average molecular weight is 283 g/mol. The van der Waals surface area contributed by atoms with E-state index >= 15 is 0 Å². The Hall–Kier alpha value is -1.63. The Morgan fingerprint density at radius 2 is 2.26 bits per heavy atom. The molecule has 2 rings (SSSR count). The minimum Gasteiger partial charge on any atom is -0.481 e. The fraction of sp³-hybridized carbons (Fsp3) is 0.583. The monoisotopic (exact) mass is 283 g/mol. The van der Waals surface area contributed by atoms with Crippen LogP contribution in [-0.2, 0) is 11.3 Å². The fourth-order valence-corrected chi connectivity index (χ4v) is 2.89. The molecule has 1 fully saturated rings. The van der Waals surface area contributed by atoms with Gasteiger partial charge in [-0.25, -0.2) is 9.78 Å². The quantitative estimate of drug-likeness (QED) is 0.766. The molecule has 2 amide bonds. The van der Waals surface area contributed by atoms with Crippen LogP contribution in [0.1, 0.15) is 35.6 Å². The number of hydrogen-bond acceptors (Lipinski definition) is 4. The van der Waals surface area contributed by atoms with Gasteiger partial charge in [-0.15, -0.1) is 11.3 Å². The van der Waals surface area contributed by atoms with Crippen molar-refractivity contribution >= 4 is 23.3 Å². The molecular weight excluding hydrogens is 266 g/mol. The zero-order valence-corrected chi connectivity index (χ0v) is 11.5. The van der Waals surface area contributed by atoms with Gasteiger partial charge in [0.1, 0.15) is 5.01 Å². The molecule has 0 atom stereocenters. The van der Waals surface area contributed by atoms with Crippen molar-refractivity contribution in [1.82, 2.24) is 15.6 Å². The number of carbonyl (C=O) groups excluding carboxylic acids is 1. The molecule has 1 aromatic rings. The van der Waals surface area contributed by atoms with Gasteiger partial charge in [0.2, 0.25) is 0 Å². The highest BCUT2D eigenvalue weighted by molar-refractivity contribution is 7.11. The van der Waals surface area contributed by atoms with Crippen molar-refractivity contribution in [2.24, 2.45) is 0 Å². The molecule has 0 radical (unpaired) electrons.